The molecule has 1 heterocycles. The summed E-state index contributed by atoms with van der Waals surface area (Å²) in [5.74, 6) is 0.611. The van der Waals surface area contributed by atoms with E-state index in [0.717, 1.165) is 30.8 Å². The maximum absolute atomic E-state index is 8.92. The van der Waals surface area contributed by atoms with Crippen molar-refractivity contribution in [3.63, 3.8) is 0 Å². The lowest BCUT2D eigenvalue weighted by atomic mass is 9.97. The van der Waals surface area contributed by atoms with E-state index in [4.69, 9.17) is 11.0 Å². The lowest BCUT2D eigenvalue weighted by molar-refractivity contribution is 0.423. The van der Waals surface area contributed by atoms with Crippen LogP contribution in [0, 0.1) is 24.2 Å². The van der Waals surface area contributed by atoms with Crippen LogP contribution in [-0.4, -0.2) is 19.6 Å². The first-order chi connectivity index (χ1) is 8.24. The zero-order valence-electron chi connectivity index (χ0n) is 10.7. The van der Waals surface area contributed by atoms with Crippen LogP contribution >= 0.6 is 12.4 Å². The molecule has 0 radical (unpaired) electrons. The molecule has 0 bridgehead atoms. The number of rotatable bonds is 2. The summed E-state index contributed by atoms with van der Waals surface area (Å²) in [6, 6.07) is 8.27. The maximum Gasteiger partial charge on any atom is 0.0994 e. The van der Waals surface area contributed by atoms with Gasteiger partial charge < -0.3 is 10.6 Å². The molecular formula is C14H20ClN3. The molecule has 1 saturated heterocycles. The van der Waals surface area contributed by atoms with Crippen LogP contribution in [0.4, 0.5) is 5.69 Å². The van der Waals surface area contributed by atoms with E-state index < -0.39 is 0 Å². The van der Waals surface area contributed by atoms with Crippen molar-refractivity contribution in [3.05, 3.63) is 29.3 Å². The van der Waals surface area contributed by atoms with E-state index in [1.165, 1.54) is 18.5 Å². The van der Waals surface area contributed by atoms with Gasteiger partial charge in [-0.1, -0.05) is 0 Å². The van der Waals surface area contributed by atoms with Crippen molar-refractivity contribution in [3.8, 4) is 6.07 Å². The Kier molecular flexibility index (Phi) is 5.46. The first-order valence-corrected chi connectivity index (χ1v) is 6.20. The number of benzene rings is 1. The van der Waals surface area contributed by atoms with E-state index in [2.05, 4.69) is 17.0 Å². The summed E-state index contributed by atoms with van der Waals surface area (Å²) < 4.78 is 0. The topological polar surface area (TPSA) is 53.0 Å². The van der Waals surface area contributed by atoms with E-state index in [1.54, 1.807) is 0 Å². The maximum atomic E-state index is 8.92. The number of anilines is 1. The molecule has 1 atom stereocenters. The number of halogens is 1. The minimum Gasteiger partial charge on any atom is -0.371 e. The third-order valence-corrected chi connectivity index (χ3v) is 3.55. The second kappa shape index (κ2) is 6.63. The summed E-state index contributed by atoms with van der Waals surface area (Å²) in [4.78, 5) is 2.38. The number of nitrogens with zero attached hydrogens (tertiary/aromatic N) is 2. The van der Waals surface area contributed by atoms with Crippen molar-refractivity contribution < 1.29 is 0 Å². The van der Waals surface area contributed by atoms with Crippen LogP contribution in [0.25, 0.3) is 0 Å². The Balaban J connectivity index is 0.00000162. The fourth-order valence-electron chi connectivity index (χ4n) is 2.46. The fraction of sp³-hybridized carbons (Fsp3) is 0.500. The van der Waals surface area contributed by atoms with Gasteiger partial charge in [-0.25, -0.2) is 0 Å². The summed E-state index contributed by atoms with van der Waals surface area (Å²) in [5.41, 5.74) is 8.79. The van der Waals surface area contributed by atoms with Crippen molar-refractivity contribution in [1.82, 2.24) is 0 Å². The zero-order valence-corrected chi connectivity index (χ0v) is 11.5. The average Bonchev–Trinajstić information content (AvgIpc) is 2.38. The van der Waals surface area contributed by atoms with E-state index in [1.807, 2.05) is 19.1 Å². The first kappa shape index (κ1) is 14.8. The summed E-state index contributed by atoms with van der Waals surface area (Å²) in [5, 5.41) is 8.92. The van der Waals surface area contributed by atoms with Gasteiger partial charge in [-0.3, -0.25) is 0 Å². The van der Waals surface area contributed by atoms with Gasteiger partial charge in [0.05, 0.1) is 11.6 Å². The highest BCUT2D eigenvalue weighted by molar-refractivity contribution is 5.85. The lowest BCUT2D eigenvalue weighted by Crippen LogP contribution is -2.38. The molecule has 0 aromatic heterocycles. The Hall–Kier alpha value is -1.24. The van der Waals surface area contributed by atoms with Crippen molar-refractivity contribution in [2.45, 2.75) is 19.8 Å². The molecule has 18 heavy (non-hydrogen) atoms. The number of piperidine rings is 1. The largest absolute Gasteiger partial charge is 0.371 e. The highest BCUT2D eigenvalue weighted by Crippen LogP contribution is 2.24. The Bertz CT molecular complexity index is 439. The molecule has 4 heteroatoms. The normalized spacial score (nSPS) is 18.9. The molecule has 1 fully saturated rings. The lowest BCUT2D eigenvalue weighted by Gasteiger charge is -2.34. The van der Waals surface area contributed by atoms with Crippen LogP contribution in [0.3, 0.4) is 0 Å². The van der Waals surface area contributed by atoms with Crippen molar-refractivity contribution in [2.24, 2.45) is 11.7 Å². The molecule has 1 aliphatic rings. The zero-order chi connectivity index (χ0) is 12.3. The van der Waals surface area contributed by atoms with Crippen LogP contribution in [-0.2, 0) is 0 Å². The fourth-order valence-corrected chi connectivity index (χ4v) is 2.46. The van der Waals surface area contributed by atoms with E-state index in [0.29, 0.717) is 5.92 Å². The van der Waals surface area contributed by atoms with Crippen LogP contribution in [0.5, 0.6) is 0 Å². The number of hydrogen-bond donors (Lipinski definition) is 1. The highest BCUT2D eigenvalue weighted by Gasteiger charge is 2.19. The van der Waals surface area contributed by atoms with Gasteiger partial charge in [0.25, 0.3) is 0 Å². The average molecular weight is 266 g/mol. The second-order valence-corrected chi connectivity index (χ2v) is 4.80. The number of nitrogens with two attached hydrogens (primary N) is 1. The first-order valence-electron chi connectivity index (χ1n) is 6.20. The van der Waals surface area contributed by atoms with Crippen LogP contribution in [0.15, 0.2) is 18.2 Å². The predicted octanol–water partition coefficient (Wildman–Crippen LogP) is 2.46. The Morgan fingerprint density at radius 3 is 2.89 bits per heavy atom. The molecule has 1 aliphatic heterocycles. The molecular weight excluding hydrogens is 246 g/mol. The van der Waals surface area contributed by atoms with Crippen LogP contribution < -0.4 is 10.6 Å². The summed E-state index contributed by atoms with van der Waals surface area (Å²) >= 11 is 0. The van der Waals surface area contributed by atoms with Crippen LogP contribution in [0.2, 0.25) is 0 Å². The van der Waals surface area contributed by atoms with E-state index in [-0.39, 0.29) is 12.4 Å². The molecule has 0 spiro atoms. The van der Waals surface area contributed by atoms with Gasteiger partial charge in [0.1, 0.15) is 0 Å². The third kappa shape index (κ3) is 3.16. The Morgan fingerprint density at radius 2 is 2.28 bits per heavy atom. The Labute approximate surface area is 115 Å². The number of aryl methyl sites for hydroxylation is 1. The minimum absolute atomic E-state index is 0. The highest BCUT2D eigenvalue weighted by atomic mass is 35.5. The minimum atomic E-state index is 0. The second-order valence-electron chi connectivity index (χ2n) is 4.80. The van der Waals surface area contributed by atoms with Crippen molar-refractivity contribution in [2.75, 3.05) is 24.5 Å². The molecule has 98 valence electrons. The SMILES string of the molecule is Cc1cc(N2CCCC(CN)C2)ccc1C#N.Cl. The number of nitriles is 1. The molecule has 0 aliphatic carbocycles. The quantitative estimate of drug-likeness (QED) is 0.894. The van der Waals surface area contributed by atoms with Gasteiger partial charge in [0.15, 0.2) is 0 Å². The van der Waals surface area contributed by atoms with Crippen molar-refractivity contribution >= 4 is 18.1 Å². The van der Waals surface area contributed by atoms with E-state index >= 15 is 0 Å². The summed E-state index contributed by atoms with van der Waals surface area (Å²) in [7, 11) is 0. The molecule has 2 N–H and O–H groups in total. The standard InChI is InChI=1S/C14H19N3.ClH/c1-11-7-14(5-4-13(11)9-16)17-6-2-3-12(8-15)10-17;/h4-5,7,12H,2-3,6,8,10,15H2,1H3;1H. The van der Waals surface area contributed by atoms with Gasteiger partial charge >= 0.3 is 0 Å². The van der Waals surface area contributed by atoms with Gasteiger partial charge in [-0.05, 0) is 56.0 Å². The predicted molar refractivity (Wildman–Crippen MR) is 77.1 cm³/mol. The van der Waals surface area contributed by atoms with E-state index in [9.17, 15) is 0 Å². The van der Waals surface area contributed by atoms with Gasteiger partial charge in [0, 0.05) is 18.8 Å². The molecule has 0 amide bonds. The smallest absolute Gasteiger partial charge is 0.0994 e. The van der Waals surface area contributed by atoms with Gasteiger partial charge in [-0.2, -0.15) is 5.26 Å². The van der Waals surface area contributed by atoms with Gasteiger partial charge in [0.2, 0.25) is 0 Å². The molecule has 1 aromatic rings. The van der Waals surface area contributed by atoms with Gasteiger partial charge in [-0.15, -0.1) is 12.4 Å². The third-order valence-electron chi connectivity index (χ3n) is 3.55. The molecule has 2 rings (SSSR count). The van der Waals surface area contributed by atoms with Crippen molar-refractivity contribution in [1.29, 1.82) is 5.26 Å². The monoisotopic (exact) mass is 265 g/mol. The number of hydrogen-bond acceptors (Lipinski definition) is 3. The summed E-state index contributed by atoms with van der Waals surface area (Å²) in [6.07, 6.45) is 2.45. The van der Waals surface area contributed by atoms with Crippen LogP contribution in [0.1, 0.15) is 24.0 Å². The summed E-state index contributed by atoms with van der Waals surface area (Å²) in [6.45, 7) is 4.90. The molecule has 1 unspecified atom stereocenters. The molecule has 1 aromatic carbocycles. The molecule has 0 saturated carbocycles. The Morgan fingerprint density at radius 1 is 1.50 bits per heavy atom. The molecule has 3 nitrogen and oxygen atoms in total.